The second kappa shape index (κ2) is 10.2. The predicted molar refractivity (Wildman–Crippen MR) is 110 cm³/mol. The third-order valence-corrected chi connectivity index (χ3v) is 5.71. The fraction of sp³-hybridized carbons (Fsp3) is 0.857. The number of carboxylic acid groups (broad SMARTS) is 1. The highest BCUT2D eigenvalue weighted by Gasteiger charge is 2.42. The molecule has 0 radical (unpaired) electrons. The van der Waals surface area contributed by atoms with Crippen LogP contribution in [-0.4, -0.2) is 61.0 Å². The molecule has 0 spiro atoms. The summed E-state index contributed by atoms with van der Waals surface area (Å²) in [7, 11) is 3.57. The number of carbonyl (C=O) groups is 3. The second-order valence-corrected chi connectivity index (χ2v) is 9.66. The minimum absolute atomic E-state index is 0.0312. The fourth-order valence-corrected chi connectivity index (χ4v) is 4.08. The van der Waals surface area contributed by atoms with Crippen LogP contribution in [0.2, 0.25) is 0 Å². The molecule has 0 bridgehead atoms. The van der Waals surface area contributed by atoms with Crippen LogP contribution in [0.1, 0.15) is 53.9 Å². The quantitative estimate of drug-likeness (QED) is 0.582. The number of nitrogens with one attached hydrogen (secondary N) is 2. The van der Waals surface area contributed by atoms with E-state index in [0.29, 0.717) is 6.42 Å². The Morgan fingerprint density at radius 1 is 1.11 bits per heavy atom. The first-order valence-corrected chi connectivity index (χ1v) is 10.3. The van der Waals surface area contributed by atoms with E-state index in [1.165, 1.54) is 7.05 Å². The molecule has 1 rings (SSSR count). The van der Waals surface area contributed by atoms with Crippen molar-refractivity contribution in [3.63, 3.8) is 0 Å². The minimum atomic E-state index is -0.914. The van der Waals surface area contributed by atoms with E-state index in [1.54, 1.807) is 0 Å². The topological polar surface area (TPSA) is 98.7 Å². The van der Waals surface area contributed by atoms with Crippen LogP contribution < -0.4 is 10.6 Å². The van der Waals surface area contributed by atoms with E-state index in [0.717, 1.165) is 25.9 Å². The van der Waals surface area contributed by atoms with Crippen molar-refractivity contribution in [3.05, 3.63) is 0 Å². The molecule has 7 nitrogen and oxygen atoms in total. The van der Waals surface area contributed by atoms with Gasteiger partial charge in [0.2, 0.25) is 11.8 Å². The lowest BCUT2D eigenvalue weighted by Crippen LogP contribution is -2.55. The van der Waals surface area contributed by atoms with Gasteiger partial charge in [-0.1, -0.05) is 34.6 Å². The van der Waals surface area contributed by atoms with Crippen molar-refractivity contribution in [1.29, 1.82) is 0 Å². The molecule has 1 aliphatic rings. The number of hydrogen-bond donors (Lipinski definition) is 3. The number of likely N-dealkylation sites (tertiary alicyclic amines) is 1. The molecule has 0 aliphatic carbocycles. The fourth-order valence-electron chi connectivity index (χ4n) is 4.08. The molecule has 1 fully saturated rings. The molecule has 162 valence electrons. The van der Waals surface area contributed by atoms with Gasteiger partial charge >= 0.3 is 5.97 Å². The molecular formula is C21H39N3O4. The maximum Gasteiger partial charge on any atom is 0.307 e. The molecule has 0 aromatic heterocycles. The molecule has 3 atom stereocenters. The molecule has 7 heteroatoms. The highest BCUT2D eigenvalue weighted by Crippen LogP contribution is 2.34. The van der Waals surface area contributed by atoms with Gasteiger partial charge in [-0.2, -0.15) is 0 Å². The third-order valence-electron chi connectivity index (χ3n) is 5.71. The summed E-state index contributed by atoms with van der Waals surface area (Å²) in [5.74, 6) is -2.75. The summed E-state index contributed by atoms with van der Waals surface area (Å²) in [4.78, 5) is 40.0. The Bertz CT molecular complexity index is 548. The zero-order chi connectivity index (χ0) is 21.6. The first kappa shape index (κ1) is 24.4. The lowest BCUT2D eigenvalue weighted by atomic mass is 9.73. The van der Waals surface area contributed by atoms with E-state index in [4.69, 9.17) is 0 Å². The third kappa shape index (κ3) is 6.76. The van der Waals surface area contributed by atoms with Gasteiger partial charge in [-0.3, -0.25) is 14.4 Å². The number of likely N-dealkylation sites (N-methyl/N-ethyl adjacent to an activating group) is 1. The standard InChI is InChI=1S/C21H39N3O4/c1-13(2)12-15(16(20(27)28)14-8-10-24(7)11-9-14)18(25)23-17(19(26)22-6)21(3,4)5/h13-17H,8-12H2,1-7H3,(H,22,26)(H,23,25)(H,27,28)/t15?,16-,17+/m0/s1. The average molecular weight is 398 g/mol. The molecule has 0 aromatic rings. The van der Waals surface area contributed by atoms with E-state index < -0.39 is 29.3 Å². The number of amides is 2. The summed E-state index contributed by atoms with van der Waals surface area (Å²) in [6.45, 7) is 11.3. The van der Waals surface area contributed by atoms with E-state index >= 15 is 0 Å². The first-order valence-electron chi connectivity index (χ1n) is 10.3. The van der Waals surface area contributed by atoms with Crippen LogP contribution in [0.4, 0.5) is 0 Å². The molecule has 3 N–H and O–H groups in total. The van der Waals surface area contributed by atoms with Gasteiger partial charge in [0.25, 0.3) is 0 Å². The van der Waals surface area contributed by atoms with Crippen LogP contribution in [0.25, 0.3) is 0 Å². The molecule has 1 heterocycles. The number of aliphatic carboxylic acids is 1. The maximum atomic E-state index is 13.2. The second-order valence-electron chi connectivity index (χ2n) is 9.66. The normalized spacial score (nSPS) is 19.7. The number of carbonyl (C=O) groups excluding carboxylic acids is 2. The van der Waals surface area contributed by atoms with Gasteiger partial charge in [-0.05, 0) is 56.7 Å². The van der Waals surface area contributed by atoms with Crippen molar-refractivity contribution in [3.8, 4) is 0 Å². The Morgan fingerprint density at radius 3 is 2.04 bits per heavy atom. The molecule has 2 amide bonds. The van der Waals surface area contributed by atoms with Gasteiger partial charge in [0.1, 0.15) is 6.04 Å². The van der Waals surface area contributed by atoms with E-state index in [-0.39, 0.29) is 23.7 Å². The predicted octanol–water partition coefficient (Wildman–Crippen LogP) is 1.97. The van der Waals surface area contributed by atoms with Gasteiger partial charge in [0.05, 0.1) is 11.8 Å². The number of hydrogen-bond acceptors (Lipinski definition) is 4. The molecule has 1 aliphatic heterocycles. The Labute approximate surface area is 169 Å². The first-order chi connectivity index (χ1) is 12.9. The summed E-state index contributed by atoms with van der Waals surface area (Å²) in [5.41, 5.74) is -0.482. The molecule has 1 saturated heterocycles. The zero-order valence-electron chi connectivity index (χ0n) is 18.5. The van der Waals surface area contributed by atoms with Crippen molar-refractivity contribution in [2.75, 3.05) is 27.2 Å². The van der Waals surface area contributed by atoms with Crippen LogP contribution >= 0.6 is 0 Å². The van der Waals surface area contributed by atoms with Gasteiger partial charge in [-0.25, -0.2) is 0 Å². The summed E-state index contributed by atoms with van der Waals surface area (Å²) >= 11 is 0. The molecule has 0 aromatic carbocycles. The van der Waals surface area contributed by atoms with Crippen molar-refractivity contribution >= 4 is 17.8 Å². The highest BCUT2D eigenvalue weighted by atomic mass is 16.4. The Morgan fingerprint density at radius 2 is 1.64 bits per heavy atom. The average Bonchev–Trinajstić information content (AvgIpc) is 2.58. The molecular weight excluding hydrogens is 358 g/mol. The Balaban J connectivity index is 3.13. The zero-order valence-corrected chi connectivity index (χ0v) is 18.5. The number of rotatable bonds is 8. The van der Waals surface area contributed by atoms with Crippen molar-refractivity contribution in [1.82, 2.24) is 15.5 Å². The molecule has 28 heavy (non-hydrogen) atoms. The van der Waals surface area contributed by atoms with Crippen LogP contribution in [0.3, 0.4) is 0 Å². The summed E-state index contributed by atoms with van der Waals surface area (Å²) < 4.78 is 0. The molecule has 1 unspecified atom stereocenters. The lowest BCUT2D eigenvalue weighted by Gasteiger charge is -2.37. The number of piperidine rings is 1. The largest absolute Gasteiger partial charge is 0.481 e. The van der Waals surface area contributed by atoms with Gasteiger partial charge in [0.15, 0.2) is 0 Å². The number of nitrogens with zero attached hydrogens (tertiary/aromatic N) is 1. The Hall–Kier alpha value is -1.63. The Kier molecular flexibility index (Phi) is 8.92. The van der Waals surface area contributed by atoms with Crippen LogP contribution in [0.5, 0.6) is 0 Å². The van der Waals surface area contributed by atoms with Crippen molar-refractivity contribution < 1.29 is 19.5 Å². The smallest absolute Gasteiger partial charge is 0.307 e. The maximum absolute atomic E-state index is 13.2. The van der Waals surface area contributed by atoms with Crippen LogP contribution in [-0.2, 0) is 14.4 Å². The SMILES string of the molecule is CNC(=O)[C@@H](NC(=O)C(CC(C)C)[C@@H](C(=O)O)C1CCN(C)CC1)C(C)(C)C. The van der Waals surface area contributed by atoms with E-state index in [1.807, 2.05) is 41.7 Å². The van der Waals surface area contributed by atoms with Crippen LogP contribution in [0, 0.1) is 29.1 Å². The summed E-state index contributed by atoms with van der Waals surface area (Å²) in [6.07, 6.45) is 2.03. The summed E-state index contributed by atoms with van der Waals surface area (Å²) in [6, 6.07) is -0.716. The van der Waals surface area contributed by atoms with E-state index in [2.05, 4.69) is 15.5 Å². The van der Waals surface area contributed by atoms with Gasteiger partial charge in [0, 0.05) is 7.05 Å². The van der Waals surface area contributed by atoms with Crippen molar-refractivity contribution in [2.45, 2.75) is 59.9 Å². The van der Waals surface area contributed by atoms with Crippen molar-refractivity contribution in [2.24, 2.45) is 29.1 Å². The molecule has 0 saturated carbocycles. The lowest BCUT2D eigenvalue weighted by molar-refractivity contribution is -0.151. The van der Waals surface area contributed by atoms with Gasteiger partial charge < -0.3 is 20.6 Å². The summed E-state index contributed by atoms with van der Waals surface area (Å²) in [5, 5.41) is 15.5. The monoisotopic (exact) mass is 397 g/mol. The number of carboxylic acids is 1. The van der Waals surface area contributed by atoms with Gasteiger partial charge in [-0.15, -0.1) is 0 Å². The van der Waals surface area contributed by atoms with Crippen LogP contribution in [0.15, 0.2) is 0 Å². The highest BCUT2D eigenvalue weighted by molar-refractivity contribution is 5.90. The minimum Gasteiger partial charge on any atom is -0.481 e. The van der Waals surface area contributed by atoms with E-state index in [9.17, 15) is 19.5 Å².